The number of H-pyrrole nitrogens is 1. The van der Waals surface area contributed by atoms with Gasteiger partial charge in [-0.15, -0.1) is 0 Å². The van der Waals surface area contributed by atoms with E-state index < -0.39 is 5.97 Å². The van der Waals surface area contributed by atoms with Crippen LogP contribution in [0.5, 0.6) is 0 Å². The Hall–Kier alpha value is -2.34. The van der Waals surface area contributed by atoms with Crippen LogP contribution in [0.3, 0.4) is 0 Å². The van der Waals surface area contributed by atoms with Crippen LogP contribution in [0.15, 0.2) is 18.2 Å². The molecule has 0 spiro atoms. The van der Waals surface area contributed by atoms with Crippen molar-refractivity contribution in [1.29, 1.82) is 0 Å². The van der Waals surface area contributed by atoms with Crippen LogP contribution in [0.2, 0.25) is 0 Å². The standard InChI is InChI=1S/C20H27N3O3/c1-4-14-9-5-6-11-23(14)12-16(24)22-18-17-13(2)8-7-10-15(17)21-19(18)20(25)26-3/h7-8,10,14,21H,4-6,9,11-12H2,1-3H3,(H,22,24). The number of aromatic amines is 1. The van der Waals surface area contributed by atoms with E-state index in [2.05, 4.69) is 22.1 Å². The Morgan fingerprint density at radius 2 is 2.15 bits per heavy atom. The maximum atomic E-state index is 12.7. The Morgan fingerprint density at radius 3 is 2.88 bits per heavy atom. The molecule has 0 radical (unpaired) electrons. The molecule has 1 saturated heterocycles. The number of benzene rings is 1. The highest BCUT2D eigenvalue weighted by Crippen LogP contribution is 2.31. The molecule has 1 aliphatic rings. The zero-order chi connectivity index (χ0) is 18.7. The number of ether oxygens (including phenoxy) is 1. The van der Waals surface area contributed by atoms with Crippen LogP contribution >= 0.6 is 0 Å². The van der Waals surface area contributed by atoms with Crippen LogP contribution in [0.25, 0.3) is 10.9 Å². The minimum Gasteiger partial charge on any atom is -0.464 e. The molecule has 0 aliphatic carbocycles. The van der Waals surface area contributed by atoms with Crippen molar-refractivity contribution in [1.82, 2.24) is 9.88 Å². The van der Waals surface area contributed by atoms with E-state index in [0.29, 0.717) is 18.3 Å². The second-order valence-electron chi connectivity index (χ2n) is 6.94. The molecule has 26 heavy (non-hydrogen) atoms. The summed E-state index contributed by atoms with van der Waals surface area (Å²) in [6.07, 6.45) is 4.55. The van der Waals surface area contributed by atoms with Gasteiger partial charge in [0.25, 0.3) is 0 Å². The second-order valence-corrected chi connectivity index (χ2v) is 6.94. The normalized spacial score (nSPS) is 18.0. The molecule has 0 saturated carbocycles. The number of methoxy groups -OCH3 is 1. The van der Waals surface area contributed by atoms with Gasteiger partial charge in [-0.1, -0.05) is 25.5 Å². The minimum atomic E-state index is -0.486. The summed E-state index contributed by atoms with van der Waals surface area (Å²) in [6.45, 7) is 5.42. The molecular weight excluding hydrogens is 330 g/mol. The first-order chi connectivity index (χ1) is 12.5. The highest BCUT2D eigenvalue weighted by atomic mass is 16.5. The fraction of sp³-hybridized carbons (Fsp3) is 0.500. The summed E-state index contributed by atoms with van der Waals surface area (Å²) in [5.41, 5.74) is 2.61. The first-order valence-electron chi connectivity index (χ1n) is 9.28. The number of piperidine rings is 1. The SMILES string of the molecule is CCC1CCCCN1CC(=O)Nc1c(C(=O)OC)[nH]c2cccc(C)c12. The summed E-state index contributed by atoms with van der Waals surface area (Å²) in [5, 5.41) is 3.82. The van der Waals surface area contributed by atoms with Gasteiger partial charge >= 0.3 is 5.97 Å². The molecule has 1 atom stereocenters. The fourth-order valence-corrected chi connectivity index (χ4v) is 3.90. The van der Waals surface area contributed by atoms with Crippen LogP contribution < -0.4 is 5.32 Å². The Labute approximate surface area is 153 Å². The first kappa shape index (κ1) is 18.5. The molecule has 6 heteroatoms. The lowest BCUT2D eigenvalue weighted by atomic mass is 10.00. The molecule has 140 valence electrons. The molecule has 0 bridgehead atoms. The maximum Gasteiger partial charge on any atom is 0.356 e. The van der Waals surface area contributed by atoms with E-state index in [4.69, 9.17) is 4.74 Å². The van der Waals surface area contributed by atoms with Gasteiger partial charge in [0, 0.05) is 16.9 Å². The van der Waals surface area contributed by atoms with E-state index in [0.717, 1.165) is 42.3 Å². The van der Waals surface area contributed by atoms with E-state index in [-0.39, 0.29) is 11.6 Å². The third kappa shape index (κ3) is 3.60. The summed E-state index contributed by atoms with van der Waals surface area (Å²) >= 11 is 0. The molecule has 2 N–H and O–H groups in total. The maximum absolute atomic E-state index is 12.7. The lowest BCUT2D eigenvalue weighted by Crippen LogP contribution is -2.43. The number of hydrogen-bond acceptors (Lipinski definition) is 4. The quantitative estimate of drug-likeness (QED) is 0.804. The number of aromatic nitrogens is 1. The van der Waals surface area contributed by atoms with Gasteiger partial charge in [0.1, 0.15) is 5.69 Å². The van der Waals surface area contributed by atoms with E-state index in [1.807, 2.05) is 25.1 Å². The largest absolute Gasteiger partial charge is 0.464 e. The highest BCUT2D eigenvalue weighted by Gasteiger charge is 2.25. The number of esters is 1. The molecule has 1 fully saturated rings. The summed E-state index contributed by atoms with van der Waals surface area (Å²) < 4.78 is 4.88. The van der Waals surface area contributed by atoms with Gasteiger partial charge in [-0.3, -0.25) is 9.69 Å². The number of likely N-dealkylation sites (tertiary alicyclic amines) is 1. The monoisotopic (exact) mass is 357 g/mol. The van der Waals surface area contributed by atoms with Gasteiger partial charge in [-0.25, -0.2) is 4.79 Å². The number of hydrogen-bond donors (Lipinski definition) is 2. The molecule has 2 heterocycles. The summed E-state index contributed by atoms with van der Waals surface area (Å²) in [5.74, 6) is -0.583. The van der Waals surface area contributed by atoms with Gasteiger partial charge in [-0.2, -0.15) is 0 Å². The van der Waals surface area contributed by atoms with Crippen molar-refractivity contribution < 1.29 is 14.3 Å². The first-order valence-corrected chi connectivity index (χ1v) is 9.28. The Balaban J connectivity index is 1.87. The molecule has 1 aromatic carbocycles. The predicted molar refractivity (Wildman–Crippen MR) is 103 cm³/mol. The zero-order valence-electron chi connectivity index (χ0n) is 15.7. The molecular formula is C20H27N3O3. The van der Waals surface area contributed by atoms with E-state index in [1.54, 1.807) is 0 Å². The van der Waals surface area contributed by atoms with Gasteiger partial charge < -0.3 is 15.0 Å². The topological polar surface area (TPSA) is 74.4 Å². The number of rotatable bonds is 5. The van der Waals surface area contributed by atoms with Gasteiger partial charge in [0.15, 0.2) is 0 Å². The van der Waals surface area contributed by atoms with Crippen molar-refractivity contribution >= 4 is 28.5 Å². The Kier molecular flexibility index (Phi) is 5.61. The van der Waals surface area contributed by atoms with Crippen molar-refractivity contribution in [3.63, 3.8) is 0 Å². The molecule has 1 aliphatic heterocycles. The highest BCUT2D eigenvalue weighted by molar-refractivity contribution is 6.12. The van der Waals surface area contributed by atoms with Crippen LogP contribution in [-0.2, 0) is 9.53 Å². The van der Waals surface area contributed by atoms with Gasteiger partial charge in [-0.05, 0) is 44.4 Å². The third-order valence-corrected chi connectivity index (χ3v) is 5.25. The number of aryl methyl sites for hydroxylation is 1. The number of anilines is 1. The van der Waals surface area contributed by atoms with Crippen LogP contribution in [-0.4, -0.2) is 48.0 Å². The van der Waals surface area contributed by atoms with Crippen LogP contribution in [0.4, 0.5) is 5.69 Å². The van der Waals surface area contributed by atoms with Crippen molar-refractivity contribution in [2.75, 3.05) is 25.5 Å². The number of nitrogens with zero attached hydrogens (tertiary/aromatic N) is 1. The zero-order valence-corrected chi connectivity index (χ0v) is 15.7. The third-order valence-electron chi connectivity index (χ3n) is 5.25. The predicted octanol–water partition coefficient (Wildman–Crippen LogP) is 3.47. The average Bonchev–Trinajstić information content (AvgIpc) is 3.01. The van der Waals surface area contributed by atoms with Crippen LogP contribution in [0, 0.1) is 6.92 Å². The Morgan fingerprint density at radius 1 is 1.35 bits per heavy atom. The summed E-state index contributed by atoms with van der Waals surface area (Å²) in [7, 11) is 1.34. The molecule has 3 rings (SSSR count). The van der Waals surface area contributed by atoms with Crippen molar-refractivity contribution in [2.45, 2.75) is 45.6 Å². The smallest absolute Gasteiger partial charge is 0.356 e. The van der Waals surface area contributed by atoms with Crippen molar-refractivity contribution in [2.24, 2.45) is 0 Å². The molecule has 1 unspecified atom stereocenters. The minimum absolute atomic E-state index is 0.0975. The van der Waals surface area contributed by atoms with Crippen molar-refractivity contribution in [3.8, 4) is 0 Å². The number of fused-ring (bicyclic) bond motifs is 1. The van der Waals surface area contributed by atoms with Gasteiger partial charge in [0.2, 0.25) is 5.91 Å². The molecule has 1 aromatic heterocycles. The average molecular weight is 357 g/mol. The van der Waals surface area contributed by atoms with Crippen molar-refractivity contribution in [3.05, 3.63) is 29.5 Å². The second kappa shape index (κ2) is 7.91. The van der Waals surface area contributed by atoms with Crippen LogP contribution in [0.1, 0.15) is 48.7 Å². The summed E-state index contributed by atoms with van der Waals surface area (Å²) in [6, 6.07) is 6.23. The summed E-state index contributed by atoms with van der Waals surface area (Å²) in [4.78, 5) is 30.2. The Bertz CT molecular complexity index is 812. The molecule has 2 aromatic rings. The number of nitrogens with one attached hydrogen (secondary N) is 2. The van der Waals surface area contributed by atoms with E-state index in [9.17, 15) is 9.59 Å². The molecule has 6 nitrogen and oxygen atoms in total. The number of amides is 1. The number of carbonyl (C=O) groups excluding carboxylic acids is 2. The van der Waals surface area contributed by atoms with Gasteiger partial charge in [0.05, 0.1) is 19.3 Å². The van der Waals surface area contributed by atoms with E-state index >= 15 is 0 Å². The molecule has 1 amide bonds. The lowest BCUT2D eigenvalue weighted by Gasteiger charge is -2.34. The fourth-order valence-electron chi connectivity index (χ4n) is 3.90. The van der Waals surface area contributed by atoms with E-state index in [1.165, 1.54) is 13.5 Å². The number of carbonyl (C=O) groups is 2. The lowest BCUT2D eigenvalue weighted by molar-refractivity contribution is -0.118.